The molecule has 3 rings (SSSR count). The van der Waals surface area contributed by atoms with Gasteiger partial charge in [-0.3, -0.25) is 9.78 Å². The first-order valence-electron chi connectivity index (χ1n) is 7.13. The molecule has 1 amide bonds. The van der Waals surface area contributed by atoms with Crippen LogP contribution in [0, 0.1) is 6.92 Å². The van der Waals surface area contributed by atoms with Crippen LogP contribution < -0.4 is 5.43 Å². The Morgan fingerprint density at radius 3 is 2.74 bits per heavy atom. The summed E-state index contributed by atoms with van der Waals surface area (Å²) in [5, 5.41) is 5.88. The van der Waals surface area contributed by atoms with E-state index in [1.165, 1.54) is 23.1 Å². The zero-order valence-corrected chi connectivity index (χ0v) is 13.4. The summed E-state index contributed by atoms with van der Waals surface area (Å²) >= 11 is 1.40. The van der Waals surface area contributed by atoms with Gasteiger partial charge in [-0.25, -0.2) is 5.43 Å². The maximum absolute atomic E-state index is 12.3. The maximum atomic E-state index is 12.3. The second-order valence-electron chi connectivity index (χ2n) is 4.98. The number of pyridine rings is 1. The molecule has 23 heavy (non-hydrogen) atoms. The van der Waals surface area contributed by atoms with Crippen molar-refractivity contribution in [1.82, 2.24) is 10.4 Å². The van der Waals surface area contributed by atoms with E-state index in [4.69, 9.17) is 0 Å². The molecule has 114 valence electrons. The van der Waals surface area contributed by atoms with Crippen molar-refractivity contribution >= 4 is 23.5 Å². The van der Waals surface area contributed by atoms with Crippen LogP contribution in [0.5, 0.6) is 0 Å². The van der Waals surface area contributed by atoms with Gasteiger partial charge in [-0.2, -0.15) is 5.10 Å². The highest BCUT2D eigenvalue weighted by Crippen LogP contribution is 2.28. The molecule has 0 spiro atoms. The van der Waals surface area contributed by atoms with Gasteiger partial charge in [0.2, 0.25) is 0 Å². The zero-order valence-electron chi connectivity index (χ0n) is 12.6. The van der Waals surface area contributed by atoms with Crippen LogP contribution in [-0.4, -0.2) is 17.1 Å². The fourth-order valence-corrected chi connectivity index (χ4v) is 2.91. The van der Waals surface area contributed by atoms with E-state index in [2.05, 4.69) is 15.5 Å². The Hall–Kier alpha value is -2.79. The lowest BCUT2D eigenvalue weighted by atomic mass is 10.1. The number of aromatic nitrogens is 1. The fraction of sp³-hybridized carbons (Fsp3) is 0.0556. The summed E-state index contributed by atoms with van der Waals surface area (Å²) in [5.41, 5.74) is 6.38. The number of nitrogens with one attached hydrogen (secondary N) is 1. The van der Waals surface area contributed by atoms with E-state index >= 15 is 0 Å². The van der Waals surface area contributed by atoms with Crippen molar-refractivity contribution < 1.29 is 4.79 Å². The Bertz CT molecular complexity index is 823. The first kappa shape index (κ1) is 15.1. The predicted molar refractivity (Wildman–Crippen MR) is 93.8 cm³/mol. The Labute approximate surface area is 138 Å². The van der Waals surface area contributed by atoms with Crippen molar-refractivity contribution in [2.24, 2.45) is 5.10 Å². The van der Waals surface area contributed by atoms with Crippen LogP contribution in [0.15, 0.2) is 65.2 Å². The van der Waals surface area contributed by atoms with Gasteiger partial charge in [0.25, 0.3) is 5.91 Å². The number of carbonyl (C=O) groups is 1. The van der Waals surface area contributed by atoms with E-state index in [1.807, 2.05) is 60.8 Å². The van der Waals surface area contributed by atoms with Crippen LogP contribution in [0.2, 0.25) is 0 Å². The van der Waals surface area contributed by atoms with Crippen LogP contribution in [0.4, 0.5) is 0 Å². The minimum atomic E-state index is -0.220. The molecular formula is C18H15N3OS. The first-order valence-corrected chi connectivity index (χ1v) is 8.01. The smallest absolute Gasteiger partial charge is 0.266 e. The van der Waals surface area contributed by atoms with E-state index < -0.39 is 0 Å². The molecule has 2 aromatic heterocycles. The van der Waals surface area contributed by atoms with E-state index in [1.54, 1.807) is 6.20 Å². The van der Waals surface area contributed by atoms with Gasteiger partial charge in [-0.15, -0.1) is 11.3 Å². The number of hydrogen-bond donors (Lipinski definition) is 1. The number of hydrazone groups is 1. The lowest BCUT2D eigenvalue weighted by molar-refractivity contribution is 0.0960. The SMILES string of the molecule is Cc1ccc(-c2ccsc2C(=O)N/N=C\c2ccccn2)cc1. The number of benzene rings is 1. The molecule has 0 saturated heterocycles. The first-order chi connectivity index (χ1) is 11.2. The molecule has 0 saturated carbocycles. The molecule has 5 heteroatoms. The largest absolute Gasteiger partial charge is 0.282 e. The number of nitrogens with zero attached hydrogens (tertiary/aromatic N) is 2. The average molecular weight is 321 g/mol. The highest BCUT2D eigenvalue weighted by molar-refractivity contribution is 7.12. The topological polar surface area (TPSA) is 54.4 Å². The highest BCUT2D eigenvalue weighted by atomic mass is 32.1. The summed E-state index contributed by atoms with van der Waals surface area (Å²) in [6, 6.07) is 15.6. The third-order valence-electron chi connectivity index (χ3n) is 3.28. The maximum Gasteiger partial charge on any atom is 0.282 e. The molecule has 0 fully saturated rings. The van der Waals surface area contributed by atoms with E-state index in [9.17, 15) is 4.79 Å². The van der Waals surface area contributed by atoms with Gasteiger partial charge in [0, 0.05) is 11.8 Å². The van der Waals surface area contributed by atoms with Crippen molar-refractivity contribution in [3.05, 3.63) is 76.2 Å². The third kappa shape index (κ3) is 3.70. The molecule has 0 aliphatic carbocycles. The quantitative estimate of drug-likeness (QED) is 0.585. The molecule has 2 heterocycles. The molecule has 1 aromatic carbocycles. The summed E-state index contributed by atoms with van der Waals surface area (Å²) in [7, 11) is 0. The lowest BCUT2D eigenvalue weighted by Crippen LogP contribution is -2.17. The van der Waals surface area contributed by atoms with Crippen LogP contribution in [0.25, 0.3) is 11.1 Å². The van der Waals surface area contributed by atoms with Crippen LogP contribution in [0.1, 0.15) is 20.9 Å². The number of rotatable bonds is 4. The van der Waals surface area contributed by atoms with Gasteiger partial charge >= 0.3 is 0 Å². The third-order valence-corrected chi connectivity index (χ3v) is 4.20. The molecule has 0 atom stereocenters. The minimum Gasteiger partial charge on any atom is -0.266 e. The van der Waals surface area contributed by atoms with Gasteiger partial charge in [0.1, 0.15) is 4.88 Å². The Balaban J connectivity index is 1.75. The summed E-state index contributed by atoms with van der Waals surface area (Å²) < 4.78 is 0. The van der Waals surface area contributed by atoms with Crippen molar-refractivity contribution in [2.45, 2.75) is 6.92 Å². The van der Waals surface area contributed by atoms with Crippen LogP contribution in [0.3, 0.4) is 0 Å². The van der Waals surface area contributed by atoms with Gasteiger partial charge < -0.3 is 0 Å². The summed E-state index contributed by atoms with van der Waals surface area (Å²) in [4.78, 5) is 17.1. The molecule has 4 nitrogen and oxygen atoms in total. The Kier molecular flexibility index (Phi) is 4.59. The standard InChI is InChI=1S/C18H15N3OS/c1-13-5-7-14(8-6-13)16-9-11-23-17(16)18(22)21-20-12-15-4-2-3-10-19-15/h2-12H,1H3,(H,21,22)/b20-12-. The molecule has 1 N–H and O–H groups in total. The summed E-state index contributed by atoms with van der Waals surface area (Å²) in [6.45, 7) is 2.04. The fourth-order valence-electron chi connectivity index (χ4n) is 2.11. The summed E-state index contributed by atoms with van der Waals surface area (Å²) in [5.74, 6) is -0.220. The Morgan fingerprint density at radius 1 is 1.17 bits per heavy atom. The number of carbonyl (C=O) groups excluding carboxylic acids is 1. The molecule has 0 bridgehead atoms. The zero-order chi connectivity index (χ0) is 16.1. The number of hydrogen-bond acceptors (Lipinski definition) is 4. The van der Waals surface area contributed by atoms with Crippen molar-refractivity contribution in [2.75, 3.05) is 0 Å². The van der Waals surface area contributed by atoms with Crippen molar-refractivity contribution in [1.29, 1.82) is 0 Å². The van der Waals surface area contributed by atoms with Crippen molar-refractivity contribution in [3.63, 3.8) is 0 Å². The van der Waals surface area contributed by atoms with E-state index in [0.717, 1.165) is 11.1 Å². The summed E-state index contributed by atoms with van der Waals surface area (Å²) in [6.07, 6.45) is 3.20. The normalized spacial score (nSPS) is 10.8. The molecule has 0 aliphatic rings. The number of thiophene rings is 1. The molecule has 0 radical (unpaired) electrons. The van der Waals surface area contributed by atoms with Gasteiger partial charge in [0.15, 0.2) is 0 Å². The number of aryl methyl sites for hydroxylation is 1. The molecular weight excluding hydrogens is 306 g/mol. The van der Waals surface area contributed by atoms with Crippen LogP contribution >= 0.6 is 11.3 Å². The van der Waals surface area contributed by atoms with Crippen LogP contribution in [-0.2, 0) is 0 Å². The van der Waals surface area contributed by atoms with Gasteiger partial charge in [-0.05, 0) is 36.1 Å². The lowest BCUT2D eigenvalue weighted by Gasteiger charge is -2.03. The van der Waals surface area contributed by atoms with E-state index in [-0.39, 0.29) is 5.91 Å². The Morgan fingerprint density at radius 2 is 2.00 bits per heavy atom. The van der Waals surface area contributed by atoms with Crippen molar-refractivity contribution in [3.8, 4) is 11.1 Å². The highest BCUT2D eigenvalue weighted by Gasteiger charge is 2.13. The monoisotopic (exact) mass is 321 g/mol. The average Bonchev–Trinajstić information content (AvgIpc) is 3.06. The second kappa shape index (κ2) is 6.98. The molecule has 0 aliphatic heterocycles. The van der Waals surface area contributed by atoms with Gasteiger partial charge in [0.05, 0.1) is 11.9 Å². The molecule has 0 unspecified atom stereocenters. The van der Waals surface area contributed by atoms with Gasteiger partial charge in [-0.1, -0.05) is 35.9 Å². The minimum absolute atomic E-state index is 0.220. The predicted octanol–water partition coefficient (Wildman–Crippen LogP) is 3.88. The molecule has 3 aromatic rings. The number of amides is 1. The van der Waals surface area contributed by atoms with E-state index in [0.29, 0.717) is 10.6 Å². The second-order valence-corrected chi connectivity index (χ2v) is 5.90.